The van der Waals surface area contributed by atoms with Crippen LogP contribution in [0, 0.1) is 0 Å². The third-order valence-corrected chi connectivity index (χ3v) is 4.93. The van der Waals surface area contributed by atoms with Crippen molar-refractivity contribution in [3.63, 3.8) is 0 Å². The normalized spacial score (nSPS) is 16.2. The first kappa shape index (κ1) is 12.6. The van der Waals surface area contributed by atoms with Crippen molar-refractivity contribution in [1.82, 2.24) is 5.32 Å². The fourth-order valence-electron chi connectivity index (χ4n) is 2.75. The quantitative estimate of drug-likeness (QED) is 0.895. The molecule has 3 rings (SSSR count). The molecule has 0 atom stereocenters. The maximum Gasteiger partial charge on any atom is 0.337 e. The van der Waals surface area contributed by atoms with Crippen LogP contribution in [0.3, 0.4) is 0 Å². The molecule has 2 aromatic rings. The molecular weight excluding hydrogens is 258 g/mol. The summed E-state index contributed by atoms with van der Waals surface area (Å²) in [5.74, 6) is -0.845. The largest absolute Gasteiger partial charge is 0.478 e. The Morgan fingerprint density at radius 3 is 2.89 bits per heavy atom. The van der Waals surface area contributed by atoms with Gasteiger partial charge in [0.1, 0.15) is 0 Å². The van der Waals surface area contributed by atoms with Crippen LogP contribution in [0.25, 0.3) is 10.1 Å². The van der Waals surface area contributed by atoms with Crippen molar-refractivity contribution in [1.29, 1.82) is 0 Å². The molecule has 3 nitrogen and oxygen atoms in total. The summed E-state index contributed by atoms with van der Waals surface area (Å²) in [4.78, 5) is 12.4. The number of thiophene rings is 1. The van der Waals surface area contributed by atoms with Crippen LogP contribution in [0.5, 0.6) is 0 Å². The molecule has 4 heteroatoms. The molecular formula is C15H17NO2S. The van der Waals surface area contributed by atoms with Gasteiger partial charge in [0, 0.05) is 22.2 Å². The van der Waals surface area contributed by atoms with E-state index in [0.717, 1.165) is 16.6 Å². The molecule has 1 saturated carbocycles. The average Bonchev–Trinajstić information content (AvgIpc) is 3.04. The molecule has 0 amide bonds. The van der Waals surface area contributed by atoms with E-state index < -0.39 is 5.97 Å². The summed E-state index contributed by atoms with van der Waals surface area (Å²) in [6.07, 6.45) is 5.19. The predicted octanol–water partition coefficient (Wildman–Crippen LogP) is 3.63. The summed E-state index contributed by atoms with van der Waals surface area (Å²) in [6, 6.07) is 8.22. The van der Waals surface area contributed by atoms with Crippen LogP contribution in [0.1, 0.15) is 40.9 Å². The van der Waals surface area contributed by atoms with Gasteiger partial charge in [-0.2, -0.15) is 0 Å². The van der Waals surface area contributed by atoms with Crippen molar-refractivity contribution in [2.24, 2.45) is 0 Å². The van der Waals surface area contributed by atoms with Gasteiger partial charge in [0.05, 0.1) is 5.56 Å². The highest BCUT2D eigenvalue weighted by Gasteiger charge is 2.15. The van der Waals surface area contributed by atoms with Gasteiger partial charge < -0.3 is 10.4 Å². The monoisotopic (exact) mass is 275 g/mol. The van der Waals surface area contributed by atoms with Gasteiger partial charge >= 0.3 is 5.97 Å². The van der Waals surface area contributed by atoms with E-state index in [1.165, 1.54) is 30.6 Å². The number of nitrogens with one attached hydrogen (secondary N) is 1. The molecule has 0 saturated heterocycles. The molecule has 2 N–H and O–H groups in total. The molecule has 1 fully saturated rings. The van der Waals surface area contributed by atoms with Crippen molar-refractivity contribution < 1.29 is 9.90 Å². The fourth-order valence-corrected chi connectivity index (χ4v) is 3.86. The lowest BCUT2D eigenvalue weighted by Crippen LogP contribution is -2.24. The van der Waals surface area contributed by atoms with Gasteiger partial charge in [-0.3, -0.25) is 0 Å². The lowest BCUT2D eigenvalue weighted by atomic mass is 10.1. The molecule has 1 aromatic heterocycles. The molecule has 19 heavy (non-hydrogen) atoms. The lowest BCUT2D eigenvalue weighted by molar-refractivity contribution is 0.0699. The van der Waals surface area contributed by atoms with E-state index in [1.807, 2.05) is 12.1 Å². The third-order valence-electron chi connectivity index (χ3n) is 3.75. The minimum absolute atomic E-state index is 0.412. The summed E-state index contributed by atoms with van der Waals surface area (Å²) < 4.78 is 0.887. The van der Waals surface area contributed by atoms with E-state index >= 15 is 0 Å². The van der Waals surface area contributed by atoms with Gasteiger partial charge in [0.25, 0.3) is 0 Å². The summed E-state index contributed by atoms with van der Waals surface area (Å²) in [6.45, 7) is 0.850. The number of rotatable bonds is 4. The molecule has 0 bridgehead atoms. The number of carboxylic acids is 1. The third kappa shape index (κ3) is 2.65. The Kier molecular flexibility index (Phi) is 3.53. The zero-order valence-corrected chi connectivity index (χ0v) is 11.5. The van der Waals surface area contributed by atoms with Gasteiger partial charge in [-0.15, -0.1) is 11.3 Å². The van der Waals surface area contributed by atoms with Gasteiger partial charge in [0.15, 0.2) is 0 Å². The van der Waals surface area contributed by atoms with Gasteiger partial charge in [0.2, 0.25) is 0 Å². The highest BCUT2D eigenvalue weighted by Crippen LogP contribution is 2.29. The van der Waals surface area contributed by atoms with E-state index in [4.69, 9.17) is 0 Å². The smallest absolute Gasteiger partial charge is 0.337 e. The Morgan fingerprint density at radius 2 is 2.16 bits per heavy atom. The maximum atomic E-state index is 11.2. The molecule has 0 radical (unpaired) electrons. The van der Waals surface area contributed by atoms with Gasteiger partial charge in [-0.1, -0.05) is 25.0 Å². The van der Waals surface area contributed by atoms with Crippen LogP contribution < -0.4 is 5.32 Å². The number of hydrogen-bond acceptors (Lipinski definition) is 3. The molecule has 1 heterocycles. The molecule has 0 aliphatic heterocycles. The summed E-state index contributed by atoms with van der Waals surface area (Å²) in [7, 11) is 0. The Balaban J connectivity index is 1.80. The summed E-state index contributed by atoms with van der Waals surface area (Å²) >= 11 is 1.59. The second kappa shape index (κ2) is 5.31. The van der Waals surface area contributed by atoms with Crippen LogP contribution in [-0.4, -0.2) is 17.1 Å². The van der Waals surface area contributed by atoms with Crippen molar-refractivity contribution in [2.45, 2.75) is 38.3 Å². The standard InChI is InChI=1S/C15H17NO2S/c17-15(18)13-7-3-4-10-8-12(19-14(10)13)9-16-11-5-1-2-6-11/h3-4,7-8,11,16H,1-2,5-6,9H2,(H,17,18). The number of benzene rings is 1. The van der Waals surface area contributed by atoms with Gasteiger partial charge in [-0.05, 0) is 30.4 Å². The molecule has 100 valence electrons. The number of aromatic carboxylic acids is 1. The van der Waals surface area contributed by atoms with E-state index in [9.17, 15) is 9.90 Å². The van der Waals surface area contributed by atoms with Gasteiger partial charge in [-0.25, -0.2) is 4.79 Å². The number of hydrogen-bond donors (Lipinski definition) is 2. The van der Waals surface area contributed by atoms with E-state index in [-0.39, 0.29) is 0 Å². The zero-order chi connectivity index (χ0) is 13.2. The highest BCUT2D eigenvalue weighted by atomic mass is 32.1. The minimum Gasteiger partial charge on any atom is -0.478 e. The molecule has 1 aliphatic carbocycles. The summed E-state index contributed by atoms with van der Waals surface area (Å²) in [5.41, 5.74) is 0.412. The first-order chi connectivity index (χ1) is 9.24. The second-order valence-electron chi connectivity index (χ2n) is 5.10. The van der Waals surface area contributed by atoms with Crippen molar-refractivity contribution >= 4 is 27.4 Å². The minimum atomic E-state index is -0.845. The Morgan fingerprint density at radius 1 is 1.37 bits per heavy atom. The zero-order valence-electron chi connectivity index (χ0n) is 10.7. The lowest BCUT2D eigenvalue weighted by Gasteiger charge is -2.09. The topological polar surface area (TPSA) is 49.3 Å². The summed E-state index contributed by atoms with van der Waals surface area (Å²) in [5, 5.41) is 13.8. The molecule has 0 spiro atoms. The Hall–Kier alpha value is -1.39. The number of fused-ring (bicyclic) bond motifs is 1. The number of carbonyl (C=O) groups is 1. The fraction of sp³-hybridized carbons (Fsp3) is 0.400. The number of carboxylic acid groups (broad SMARTS) is 1. The average molecular weight is 275 g/mol. The first-order valence-electron chi connectivity index (χ1n) is 6.72. The second-order valence-corrected chi connectivity index (χ2v) is 6.24. The molecule has 1 aromatic carbocycles. The van der Waals surface area contributed by atoms with Crippen LogP contribution in [0.4, 0.5) is 0 Å². The molecule has 0 unspecified atom stereocenters. The van der Waals surface area contributed by atoms with Crippen LogP contribution >= 0.6 is 11.3 Å². The maximum absolute atomic E-state index is 11.2. The Labute approximate surface area is 116 Å². The van der Waals surface area contributed by atoms with E-state index in [2.05, 4.69) is 11.4 Å². The van der Waals surface area contributed by atoms with Crippen LogP contribution in [0.2, 0.25) is 0 Å². The van der Waals surface area contributed by atoms with Crippen LogP contribution in [-0.2, 0) is 6.54 Å². The highest BCUT2D eigenvalue weighted by molar-refractivity contribution is 7.19. The van der Waals surface area contributed by atoms with E-state index in [0.29, 0.717) is 11.6 Å². The van der Waals surface area contributed by atoms with Crippen molar-refractivity contribution in [3.8, 4) is 0 Å². The first-order valence-corrected chi connectivity index (χ1v) is 7.54. The SMILES string of the molecule is O=C(O)c1cccc2cc(CNC3CCCC3)sc12. The van der Waals surface area contributed by atoms with Crippen LogP contribution in [0.15, 0.2) is 24.3 Å². The predicted molar refractivity (Wildman–Crippen MR) is 77.9 cm³/mol. The van der Waals surface area contributed by atoms with E-state index in [1.54, 1.807) is 17.4 Å². The van der Waals surface area contributed by atoms with Crippen molar-refractivity contribution in [3.05, 3.63) is 34.7 Å². The molecule has 1 aliphatic rings. The Bertz CT molecular complexity index is 599. The van der Waals surface area contributed by atoms with Crippen molar-refractivity contribution in [2.75, 3.05) is 0 Å².